The summed E-state index contributed by atoms with van der Waals surface area (Å²) in [6, 6.07) is 12.0. The summed E-state index contributed by atoms with van der Waals surface area (Å²) in [4.78, 5) is -0.0666. The van der Waals surface area contributed by atoms with Crippen LogP contribution >= 0.6 is 11.6 Å². The molecule has 0 radical (unpaired) electrons. The van der Waals surface area contributed by atoms with E-state index in [2.05, 4.69) is 11.4 Å². The normalized spacial score (nSPS) is 17.0. The molecule has 1 saturated heterocycles. The predicted octanol–water partition coefficient (Wildman–Crippen LogP) is 3.81. The van der Waals surface area contributed by atoms with Crippen LogP contribution in [0.4, 0.5) is 0 Å². The van der Waals surface area contributed by atoms with Gasteiger partial charge < -0.3 is 10.1 Å². The molecule has 2 fully saturated rings. The van der Waals surface area contributed by atoms with Gasteiger partial charge >= 0.3 is 0 Å². The van der Waals surface area contributed by atoms with E-state index in [1.165, 1.54) is 30.5 Å². The van der Waals surface area contributed by atoms with Crippen molar-refractivity contribution >= 4 is 21.7 Å². The fraction of sp³-hybridized carbons (Fsp3) is 0.368. The van der Waals surface area contributed by atoms with E-state index >= 15 is 0 Å². The molecule has 0 aromatic heterocycles. The third-order valence-electron chi connectivity index (χ3n) is 4.35. The summed E-state index contributed by atoms with van der Waals surface area (Å²) in [6.07, 6.45) is 2.89. The van der Waals surface area contributed by atoms with Gasteiger partial charge in [-0.1, -0.05) is 29.3 Å². The Morgan fingerprint density at radius 3 is 2.27 bits per heavy atom. The van der Waals surface area contributed by atoms with Crippen molar-refractivity contribution in [1.29, 1.82) is 0 Å². The first-order chi connectivity index (χ1) is 12.3. The number of benzene rings is 2. The number of aryl methyl sites for hydroxylation is 1. The maximum absolute atomic E-state index is 10.5. The van der Waals surface area contributed by atoms with E-state index in [1.807, 2.05) is 19.1 Å². The molecule has 0 amide bonds. The molecule has 5 nitrogen and oxygen atoms in total. The molecule has 1 heterocycles. The van der Waals surface area contributed by atoms with Crippen LogP contribution < -0.4 is 10.1 Å². The summed E-state index contributed by atoms with van der Waals surface area (Å²) in [5.74, 6) is 1.65. The van der Waals surface area contributed by atoms with Crippen LogP contribution in [0.1, 0.15) is 29.9 Å². The Kier molecular flexibility index (Phi) is 5.87. The minimum Gasteiger partial charge on any atom is -0.488 e. The van der Waals surface area contributed by atoms with Crippen LogP contribution in [-0.2, 0) is 10.1 Å². The van der Waals surface area contributed by atoms with Crippen molar-refractivity contribution in [3.63, 3.8) is 0 Å². The highest BCUT2D eigenvalue weighted by molar-refractivity contribution is 7.85. The Morgan fingerprint density at radius 2 is 1.77 bits per heavy atom. The van der Waals surface area contributed by atoms with Gasteiger partial charge in [-0.2, -0.15) is 8.42 Å². The Hall–Kier alpha value is -1.60. The summed E-state index contributed by atoms with van der Waals surface area (Å²) >= 11 is 6.15. The molecule has 2 aromatic rings. The van der Waals surface area contributed by atoms with Crippen LogP contribution in [0.15, 0.2) is 47.4 Å². The predicted molar refractivity (Wildman–Crippen MR) is 102 cm³/mol. The van der Waals surface area contributed by atoms with Crippen LogP contribution in [-0.4, -0.2) is 32.2 Å². The maximum Gasteiger partial charge on any atom is 0.294 e. The first-order valence-electron chi connectivity index (χ1n) is 8.54. The Labute approximate surface area is 159 Å². The van der Waals surface area contributed by atoms with Gasteiger partial charge in [-0.05, 0) is 61.6 Å². The summed E-state index contributed by atoms with van der Waals surface area (Å²) in [7, 11) is -4.02. The van der Waals surface area contributed by atoms with Gasteiger partial charge in [0, 0.05) is 18.1 Å². The van der Waals surface area contributed by atoms with Crippen molar-refractivity contribution in [2.45, 2.75) is 36.7 Å². The minimum atomic E-state index is -4.02. The smallest absolute Gasteiger partial charge is 0.294 e. The molecule has 1 aliphatic heterocycles. The minimum absolute atomic E-state index is 0.0666. The molecule has 4 rings (SSSR count). The first kappa shape index (κ1) is 19.2. The fourth-order valence-corrected chi connectivity index (χ4v) is 3.30. The monoisotopic (exact) mass is 395 g/mol. The zero-order chi connectivity index (χ0) is 18.7. The van der Waals surface area contributed by atoms with Crippen molar-refractivity contribution in [3.05, 3.63) is 58.6 Å². The van der Waals surface area contributed by atoms with E-state index in [0.29, 0.717) is 12.0 Å². The van der Waals surface area contributed by atoms with Crippen molar-refractivity contribution in [2.75, 3.05) is 13.1 Å². The molecule has 2 N–H and O–H groups in total. The van der Waals surface area contributed by atoms with Gasteiger partial charge in [-0.25, -0.2) is 0 Å². The summed E-state index contributed by atoms with van der Waals surface area (Å²) < 4.78 is 35.4. The fourth-order valence-electron chi connectivity index (χ4n) is 2.55. The highest BCUT2D eigenvalue weighted by Gasteiger charge is 2.26. The van der Waals surface area contributed by atoms with Crippen LogP contribution in [0.2, 0.25) is 5.02 Å². The maximum atomic E-state index is 10.5. The summed E-state index contributed by atoms with van der Waals surface area (Å²) in [6.45, 7) is 3.76. The summed E-state index contributed by atoms with van der Waals surface area (Å²) in [5.41, 5.74) is 2.22. The average molecular weight is 396 g/mol. The largest absolute Gasteiger partial charge is 0.488 e. The molecule has 7 heteroatoms. The Bertz CT molecular complexity index is 860. The van der Waals surface area contributed by atoms with Crippen LogP contribution in [0.5, 0.6) is 5.75 Å². The van der Waals surface area contributed by atoms with Gasteiger partial charge in [0.25, 0.3) is 10.1 Å². The molecular weight excluding hydrogens is 374 g/mol. The van der Waals surface area contributed by atoms with Gasteiger partial charge in [0.05, 0.1) is 4.90 Å². The molecule has 1 saturated carbocycles. The second kappa shape index (κ2) is 7.96. The number of hydrogen-bond donors (Lipinski definition) is 2. The van der Waals surface area contributed by atoms with E-state index in [9.17, 15) is 8.42 Å². The lowest BCUT2D eigenvalue weighted by atomic mass is 10.1. The average Bonchev–Trinajstić information content (AvgIpc) is 3.37. The van der Waals surface area contributed by atoms with E-state index in [0.717, 1.165) is 29.4 Å². The second-order valence-electron chi connectivity index (χ2n) is 6.64. The molecule has 26 heavy (non-hydrogen) atoms. The number of rotatable bonds is 4. The first-order valence-corrected chi connectivity index (χ1v) is 10.4. The molecule has 140 valence electrons. The highest BCUT2D eigenvalue weighted by atomic mass is 35.5. The molecule has 2 aliphatic rings. The quantitative estimate of drug-likeness (QED) is 0.770. The summed E-state index contributed by atoms with van der Waals surface area (Å²) in [5, 5.41) is 4.08. The van der Waals surface area contributed by atoms with E-state index in [1.54, 1.807) is 12.1 Å². The number of hydrogen-bond acceptors (Lipinski definition) is 4. The van der Waals surface area contributed by atoms with E-state index < -0.39 is 10.1 Å². The van der Waals surface area contributed by atoms with Crippen molar-refractivity contribution < 1.29 is 17.7 Å². The topological polar surface area (TPSA) is 75.6 Å². The number of ether oxygens (including phenoxy) is 1. The second-order valence-corrected chi connectivity index (χ2v) is 8.47. The van der Waals surface area contributed by atoms with Crippen LogP contribution in [0, 0.1) is 6.92 Å². The third-order valence-corrected chi connectivity index (χ3v) is 5.56. The van der Waals surface area contributed by atoms with Crippen molar-refractivity contribution in [2.24, 2.45) is 0 Å². The number of nitrogens with one attached hydrogen (secondary N) is 1. The van der Waals surface area contributed by atoms with E-state index in [-0.39, 0.29) is 4.90 Å². The van der Waals surface area contributed by atoms with Gasteiger partial charge in [0.15, 0.2) is 0 Å². The molecule has 2 aromatic carbocycles. The molecule has 0 atom stereocenters. The molecule has 1 aliphatic carbocycles. The van der Waals surface area contributed by atoms with Crippen molar-refractivity contribution in [1.82, 2.24) is 5.32 Å². The molecule has 0 spiro atoms. The van der Waals surface area contributed by atoms with Gasteiger partial charge in [0.1, 0.15) is 11.9 Å². The lowest BCUT2D eigenvalue weighted by Gasteiger charge is -2.28. The van der Waals surface area contributed by atoms with Gasteiger partial charge in [-0.15, -0.1) is 0 Å². The molecular formula is C19H22ClNO4S. The zero-order valence-corrected chi connectivity index (χ0v) is 16.1. The number of halogens is 1. The zero-order valence-electron chi connectivity index (χ0n) is 14.5. The van der Waals surface area contributed by atoms with Gasteiger partial charge in [0.2, 0.25) is 0 Å². The Morgan fingerprint density at radius 1 is 1.12 bits per heavy atom. The van der Waals surface area contributed by atoms with Crippen molar-refractivity contribution in [3.8, 4) is 5.75 Å². The van der Waals surface area contributed by atoms with Crippen LogP contribution in [0.25, 0.3) is 0 Å². The lowest BCUT2D eigenvalue weighted by Crippen LogP contribution is -2.50. The Balaban J connectivity index is 0.000000160. The highest BCUT2D eigenvalue weighted by Crippen LogP contribution is 2.44. The lowest BCUT2D eigenvalue weighted by molar-refractivity contribution is 0.142. The van der Waals surface area contributed by atoms with E-state index in [4.69, 9.17) is 20.9 Å². The third kappa shape index (κ3) is 5.20. The molecule has 0 bridgehead atoms. The van der Waals surface area contributed by atoms with Crippen LogP contribution in [0.3, 0.4) is 0 Å². The SMILES string of the molecule is Cc1ccc(S(=O)(=O)O)cc1.Clc1ccc(OC2CNC2)cc1C1CC1. The molecule has 0 unspecified atom stereocenters. The van der Waals surface area contributed by atoms with Gasteiger partial charge in [-0.3, -0.25) is 4.55 Å². The standard InChI is InChI=1S/C12H14ClNO.C7H8O3S/c13-12-4-3-9(15-10-6-14-7-10)5-11(12)8-1-2-8;1-6-2-4-7(5-3-6)11(8,9)10/h3-5,8,10,14H,1-2,6-7H2;2-5H,1H3,(H,8,9,10).